The number of hydrogen-bond donors (Lipinski definition) is 2. The van der Waals surface area contributed by atoms with Crippen molar-refractivity contribution in [1.29, 1.82) is 0 Å². The smallest absolute Gasteiger partial charge is 0.268 e. The Morgan fingerprint density at radius 1 is 1.65 bits per heavy atom. The van der Waals surface area contributed by atoms with Gasteiger partial charge in [-0.15, -0.1) is 0 Å². The number of amides is 1. The molecule has 0 aromatic carbocycles. The normalized spacial score (nSPS) is 20.0. The largest absolute Gasteiger partial charge is 0.467 e. The van der Waals surface area contributed by atoms with E-state index in [1.807, 2.05) is 0 Å². The second-order valence-corrected chi connectivity index (χ2v) is 5.10. The summed E-state index contributed by atoms with van der Waals surface area (Å²) in [6.07, 6.45) is 5.05. The van der Waals surface area contributed by atoms with Crippen LogP contribution in [0.5, 0.6) is 0 Å². The number of nitrogens with zero attached hydrogens (tertiary/aromatic N) is 1. The fourth-order valence-corrected chi connectivity index (χ4v) is 2.52. The molecule has 0 radical (unpaired) electrons. The van der Waals surface area contributed by atoms with E-state index in [1.165, 1.54) is 6.26 Å². The number of likely N-dealkylation sites (tertiary alicyclic amines) is 1. The molecule has 112 valence electrons. The highest BCUT2D eigenvalue weighted by Gasteiger charge is 2.23. The first-order valence-corrected chi connectivity index (χ1v) is 7.15. The second-order valence-electron chi connectivity index (χ2n) is 5.10. The Kier molecular flexibility index (Phi) is 5.58. The van der Waals surface area contributed by atoms with Crippen LogP contribution < -0.4 is 11.3 Å². The molecule has 2 heterocycles. The first-order chi connectivity index (χ1) is 9.74. The summed E-state index contributed by atoms with van der Waals surface area (Å²) in [7, 11) is 0. The van der Waals surface area contributed by atoms with Crippen LogP contribution in [-0.4, -0.2) is 36.6 Å². The third kappa shape index (κ3) is 3.82. The number of ether oxygens (including phenoxy) is 1. The molecule has 2 rings (SSSR count). The zero-order chi connectivity index (χ0) is 14.4. The van der Waals surface area contributed by atoms with Gasteiger partial charge in [0.1, 0.15) is 5.76 Å². The molecule has 1 aromatic heterocycles. The molecule has 1 aromatic rings. The number of hydrogen-bond acceptors (Lipinski definition) is 5. The first kappa shape index (κ1) is 15.0. The van der Waals surface area contributed by atoms with Crippen molar-refractivity contribution in [3.05, 3.63) is 23.7 Å². The molecule has 3 N–H and O–H groups in total. The van der Waals surface area contributed by atoms with Crippen LogP contribution in [0.1, 0.15) is 42.3 Å². The maximum absolute atomic E-state index is 11.6. The predicted octanol–water partition coefficient (Wildman–Crippen LogP) is 1.27. The van der Waals surface area contributed by atoms with Crippen LogP contribution in [0.3, 0.4) is 0 Å². The molecule has 1 aliphatic rings. The molecule has 1 fully saturated rings. The maximum atomic E-state index is 11.6. The second kappa shape index (κ2) is 7.42. The van der Waals surface area contributed by atoms with E-state index in [-0.39, 0.29) is 12.0 Å². The van der Waals surface area contributed by atoms with Gasteiger partial charge in [0.25, 0.3) is 5.91 Å². The summed E-state index contributed by atoms with van der Waals surface area (Å²) in [5.74, 6) is 5.51. The molecule has 1 amide bonds. The topological polar surface area (TPSA) is 80.7 Å². The summed E-state index contributed by atoms with van der Waals surface area (Å²) < 4.78 is 11.2. The Hall–Kier alpha value is -1.37. The van der Waals surface area contributed by atoms with E-state index < -0.39 is 0 Å². The first-order valence-electron chi connectivity index (χ1n) is 7.15. The minimum Gasteiger partial charge on any atom is -0.467 e. The summed E-state index contributed by atoms with van der Waals surface area (Å²) in [6, 6.07) is 1.65. The van der Waals surface area contributed by atoms with Gasteiger partial charge in [0.05, 0.1) is 24.5 Å². The average molecular weight is 281 g/mol. The highest BCUT2D eigenvalue weighted by molar-refractivity contribution is 5.94. The minimum absolute atomic E-state index is 0.283. The van der Waals surface area contributed by atoms with Gasteiger partial charge >= 0.3 is 0 Å². The van der Waals surface area contributed by atoms with Crippen LogP contribution in [0.2, 0.25) is 0 Å². The van der Waals surface area contributed by atoms with Crippen LogP contribution in [0.15, 0.2) is 16.7 Å². The summed E-state index contributed by atoms with van der Waals surface area (Å²) in [5, 5.41) is 0. The Bertz CT molecular complexity index is 433. The van der Waals surface area contributed by atoms with E-state index in [1.54, 1.807) is 6.07 Å². The van der Waals surface area contributed by atoms with Crippen molar-refractivity contribution in [1.82, 2.24) is 10.3 Å². The quantitative estimate of drug-likeness (QED) is 0.466. The molecular weight excluding hydrogens is 258 g/mol. The lowest BCUT2D eigenvalue weighted by atomic mass is 10.1. The van der Waals surface area contributed by atoms with Crippen molar-refractivity contribution in [2.75, 3.05) is 19.7 Å². The monoisotopic (exact) mass is 281 g/mol. The number of nitrogens with one attached hydrogen (secondary N) is 1. The SMILES string of the molecule is CCCOC1CCCN(Cc2occc2C(=O)NN)C1. The number of carbonyl (C=O) groups is 1. The van der Waals surface area contributed by atoms with E-state index in [9.17, 15) is 4.79 Å². The van der Waals surface area contributed by atoms with Crippen molar-refractivity contribution in [3.63, 3.8) is 0 Å². The van der Waals surface area contributed by atoms with Gasteiger partial charge in [-0.3, -0.25) is 15.1 Å². The molecular formula is C14H23N3O3. The van der Waals surface area contributed by atoms with Crippen molar-refractivity contribution in [2.45, 2.75) is 38.8 Å². The number of nitrogens with two attached hydrogens (primary N) is 1. The van der Waals surface area contributed by atoms with E-state index in [4.69, 9.17) is 15.0 Å². The van der Waals surface area contributed by atoms with Crippen LogP contribution in [0.4, 0.5) is 0 Å². The molecule has 1 unspecified atom stereocenters. The van der Waals surface area contributed by atoms with E-state index in [2.05, 4.69) is 17.2 Å². The minimum atomic E-state index is -0.315. The summed E-state index contributed by atoms with van der Waals surface area (Å²) in [6.45, 7) is 5.41. The Balaban J connectivity index is 1.92. The Morgan fingerprint density at radius 2 is 2.50 bits per heavy atom. The zero-order valence-corrected chi connectivity index (χ0v) is 11.9. The summed E-state index contributed by atoms with van der Waals surface area (Å²) in [4.78, 5) is 13.9. The van der Waals surface area contributed by atoms with Crippen molar-refractivity contribution < 1.29 is 13.9 Å². The van der Waals surface area contributed by atoms with Gasteiger partial charge in [-0.05, 0) is 31.9 Å². The zero-order valence-electron chi connectivity index (χ0n) is 11.9. The van der Waals surface area contributed by atoms with Crippen LogP contribution in [-0.2, 0) is 11.3 Å². The van der Waals surface area contributed by atoms with Gasteiger partial charge in [-0.2, -0.15) is 0 Å². The number of piperidine rings is 1. The molecule has 6 nitrogen and oxygen atoms in total. The Morgan fingerprint density at radius 3 is 3.25 bits per heavy atom. The molecule has 0 aliphatic carbocycles. The third-order valence-corrected chi connectivity index (χ3v) is 3.51. The average Bonchev–Trinajstić information content (AvgIpc) is 2.93. The number of nitrogen functional groups attached to an aromatic ring is 1. The van der Waals surface area contributed by atoms with Gasteiger partial charge in [0, 0.05) is 13.2 Å². The van der Waals surface area contributed by atoms with Crippen molar-refractivity contribution in [2.24, 2.45) is 5.84 Å². The highest BCUT2D eigenvalue weighted by Crippen LogP contribution is 2.19. The molecule has 0 bridgehead atoms. The van der Waals surface area contributed by atoms with Gasteiger partial charge in [0.2, 0.25) is 0 Å². The van der Waals surface area contributed by atoms with Gasteiger partial charge < -0.3 is 9.15 Å². The van der Waals surface area contributed by atoms with Crippen molar-refractivity contribution >= 4 is 5.91 Å². The van der Waals surface area contributed by atoms with Gasteiger partial charge in [-0.1, -0.05) is 6.92 Å². The fourth-order valence-electron chi connectivity index (χ4n) is 2.52. The van der Waals surface area contributed by atoms with Gasteiger partial charge in [-0.25, -0.2) is 5.84 Å². The predicted molar refractivity (Wildman–Crippen MR) is 74.9 cm³/mol. The number of rotatable bonds is 6. The van der Waals surface area contributed by atoms with Gasteiger partial charge in [0.15, 0.2) is 0 Å². The molecule has 1 aliphatic heterocycles. The number of furan rings is 1. The fraction of sp³-hybridized carbons (Fsp3) is 0.643. The van der Waals surface area contributed by atoms with E-state index in [0.717, 1.165) is 39.0 Å². The highest BCUT2D eigenvalue weighted by atomic mass is 16.5. The number of hydrazine groups is 1. The molecule has 6 heteroatoms. The molecule has 20 heavy (non-hydrogen) atoms. The molecule has 1 atom stereocenters. The van der Waals surface area contributed by atoms with Crippen LogP contribution in [0.25, 0.3) is 0 Å². The lowest BCUT2D eigenvalue weighted by Crippen LogP contribution is -2.39. The standard InChI is InChI=1S/C14H23N3O3/c1-2-7-19-11-4-3-6-17(9-11)10-13-12(5-8-20-13)14(18)16-15/h5,8,11H,2-4,6-7,9-10,15H2,1H3,(H,16,18). The lowest BCUT2D eigenvalue weighted by molar-refractivity contribution is -0.00379. The van der Waals surface area contributed by atoms with Crippen molar-refractivity contribution in [3.8, 4) is 0 Å². The van der Waals surface area contributed by atoms with E-state index in [0.29, 0.717) is 17.9 Å². The Labute approximate surface area is 119 Å². The molecule has 0 spiro atoms. The lowest BCUT2D eigenvalue weighted by Gasteiger charge is -2.32. The van der Waals surface area contributed by atoms with Crippen LogP contribution >= 0.6 is 0 Å². The summed E-state index contributed by atoms with van der Waals surface area (Å²) >= 11 is 0. The molecule has 0 saturated carbocycles. The van der Waals surface area contributed by atoms with E-state index >= 15 is 0 Å². The third-order valence-electron chi connectivity index (χ3n) is 3.51. The maximum Gasteiger partial charge on any atom is 0.268 e. The summed E-state index contributed by atoms with van der Waals surface area (Å²) in [5.41, 5.74) is 2.64. The molecule has 1 saturated heterocycles. The number of carbonyl (C=O) groups excluding carboxylic acids is 1. The van der Waals surface area contributed by atoms with Crippen LogP contribution in [0, 0.1) is 0 Å².